The summed E-state index contributed by atoms with van der Waals surface area (Å²) in [7, 11) is 0. The number of aryl methyl sites for hydroxylation is 1. The molecule has 1 aromatic carbocycles. The van der Waals surface area contributed by atoms with E-state index in [2.05, 4.69) is 59.7 Å². The largest absolute Gasteiger partial charge is 0.368 e. The summed E-state index contributed by atoms with van der Waals surface area (Å²) >= 11 is 0. The number of benzene rings is 1. The number of para-hydroxylation sites is 1. The smallest absolute Gasteiger partial charge is 0.227 e. The average molecular weight is 354 g/mol. The fraction of sp³-hybridized carbons (Fsp3) is 0.524. The van der Waals surface area contributed by atoms with Gasteiger partial charge in [-0.25, -0.2) is 0 Å². The summed E-state index contributed by atoms with van der Waals surface area (Å²) in [6, 6.07) is 10.4. The van der Waals surface area contributed by atoms with Gasteiger partial charge in [-0.3, -0.25) is 9.48 Å². The molecule has 0 spiro atoms. The van der Waals surface area contributed by atoms with E-state index >= 15 is 0 Å². The van der Waals surface area contributed by atoms with E-state index < -0.39 is 0 Å². The van der Waals surface area contributed by atoms with Crippen LogP contribution in [0.25, 0.3) is 0 Å². The molecular formula is C21H30N4O. The lowest BCUT2D eigenvalue weighted by atomic mass is 10.1. The van der Waals surface area contributed by atoms with Gasteiger partial charge in [0.2, 0.25) is 5.91 Å². The van der Waals surface area contributed by atoms with Gasteiger partial charge in [-0.05, 0) is 31.9 Å². The van der Waals surface area contributed by atoms with Gasteiger partial charge < -0.3 is 9.80 Å². The molecule has 1 amide bonds. The van der Waals surface area contributed by atoms with Gasteiger partial charge in [-0.2, -0.15) is 5.10 Å². The lowest BCUT2D eigenvalue weighted by Crippen LogP contribution is -2.49. The van der Waals surface area contributed by atoms with Crippen molar-refractivity contribution in [3.8, 4) is 0 Å². The lowest BCUT2D eigenvalue weighted by Gasteiger charge is -2.36. The van der Waals surface area contributed by atoms with E-state index in [1.165, 1.54) is 5.69 Å². The topological polar surface area (TPSA) is 41.4 Å². The number of aromatic nitrogens is 2. The number of carbonyl (C=O) groups is 1. The number of nitrogens with zero attached hydrogens (tertiary/aromatic N) is 4. The third-order valence-electron chi connectivity index (χ3n) is 5.15. The Morgan fingerprint density at radius 1 is 1.08 bits per heavy atom. The zero-order chi connectivity index (χ0) is 18.7. The molecule has 1 saturated heterocycles. The normalized spacial score (nSPS) is 15.0. The van der Waals surface area contributed by atoms with E-state index in [1.807, 2.05) is 17.9 Å². The van der Waals surface area contributed by atoms with E-state index in [-0.39, 0.29) is 5.91 Å². The van der Waals surface area contributed by atoms with Crippen LogP contribution in [0.4, 0.5) is 5.69 Å². The van der Waals surface area contributed by atoms with E-state index in [1.54, 1.807) is 0 Å². The predicted octanol–water partition coefficient (Wildman–Crippen LogP) is 3.05. The zero-order valence-corrected chi connectivity index (χ0v) is 16.4. The molecule has 1 aliphatic rings. The molecule has 1 aliphatic heterocycles. The number of amides is 1. The first kappa shape index (κ1) is 18.5. The summed E-state index contributed by atoms with van der Waals surface area (Å²) in [6.07, 6.45) is 0.459. The van der Waals surface area contributed by atoms with Crippen molar-refractivity contribution in [2.24, 2.45) is 5.92 Å². The molecule has 2 aromatic rings. The highest BCUT2D eigenvalue weighted by Crippen LogP contribution is 2.19. The molecule has 3 rings (SSSR count). The highest BCUT2D eigenvalue weighted by Gasteiger charge is 2.23. The molecule has 2 heterocycles. The van der Waals surface area contributed by atoms with Crippen LogP contribution < -0.4 is 4.90 Å². The van der Waals surface area contributed by atoms with Gasteiger partial charge in [0.05, 0.1) is 12.1 Å². The molecule has 0 bridgehead atoms. The zero-order valence-electron chi connectivity index (χ0n) is 16.4. The summed E-state index contributed by atoms with van der Waals surface area (Å²) in [5, 5.41) is 4.64. The molecule has 0 atom stereocenters. The molecule has 0 radical (unpaired) electrons. The van der Waals surface area contributed by atoms with Crippen LogP contribution in [-0.2, 0) is 17.8 Å². The first-order chi connectivity index (χ1) is 12.5. The molecular weight excluding hydrogens is 324 g/mol. The number of hydrogen-bond acceptors (Lipinski definition) is 3. The Morgan fingerprint density at radius 2 is 1.73 bits per heavy atom. The summed E-state index contributed by atoms with van der Waals surface area (Å²) in [5.74, 6) is 0.760. The summed E-state index contributed by atoms with van der Waals surface area (Å²) in [4.78, 5) is 17.2. The molecule has 5 heteroatoms. The van der Waals surface area contributed by atoms with E-state index in [9.17, 15) is 4.79 Å². The second-order valence-corrected chi connectivity index (χ2v) is 7.61. The van der Waals surface area contributed by atoms with Gasteiger partial charge in [-0.15, -0.1) is 0 Å². The number of carbonyl (C=O) groups excluding carboxylic acids is 1. The van der Waals surface area contributed by atoms with E-state index in [4.69, 9.17) is 0 Å². The third kappa shape index (κ3) is 4.09. The fourth-order valence-electron chi connectivity index (χ4n) is 3.63. The van der Waals surface area contributed by atoms with Crippen LogP contribution in [0, 0.1) is 19.8 Å². The minimum Gasteiger partial charge on any atom is -0.368 e. The van der Waals surface area contributed by atoms with Crippen molar-refractivity contribution < 1.29 is 4.79 Å². The van der Waals surface area contributed by atoms with Gasteiger partial charge >= 0.3 is 0 Å². The van der Waals surface area contributed by atoms with Crippen LogP contribution >= 0.6 is 0 Å². The van der Waals surface area contributed by atoms with Crippen molar-refractivity contribution >= 4 is 11.6 Å². The Balaban J connectivity index is 1.60. The van der Waals surface area contributed by atoms with Crippen molar-refractivity contribution in [2.75, 3.05) is 31.1 Å². The maximum absolute atomic E-state index is 12.8. The first-order valence-corrected chi connectivity index (χ1v) is 9.56. The Kier molecular flexibility index (Phi) is 5.64. The minimum absolute atomic E-state index is 0.216. The van der Waals surface area contributed by atoms with Crippen LogP contribution in [0.15, 0.2) is 30.3 Å². The van der Waals surface area contributed by atoms with Crippen molar-refractivity contribution in [1.82, 2.24) is 14.7 Å². The SMILES string of the molecule is Cc1nn(CC(C)C)c(C)c1CC(=O)N1CCN(c2ccccc2)CC1. The predicted molar refractivity (Wildman–Crippen MR) is 105 cm³/mol. The standard InChI is InChI=1S/C21H30N4O/c1-16(2)15-25-18(4)20(17(3)22-25)14-21(26)24-12-10-23(11-13-24)19-8-6-5-7-9-19/h5-9,16H,10-15H2,1-4H3. The van der Waals surface area contributed by atoms with Crippen molar-refractivity contribution in [3.63, 3.8) is 0 Å². The molecule has 0 N–H and O–H groups in total. The summed E-state index contributed by atoms with van der Waals surface area (Å²) in [5.41, 5.74) is 4.45. The minimum atomic E-state index is 0.216. The Labute approximate surface area is 156 Å². The van der Waals surface area contributed by atoms with Crippen LogP contribution in [0.1, 0.15) is 30.8 Å². The first-order valence-electron chi connectivity index (χ1n) is 9.56. The summed E-state index contributed by atoms with van der Waals surface area (Å²) < 4.78 is 2.05. The van der Waals surface area contributed by atoms with Gasteiger partial charge in [-0.1, -0.05) is 32.0 Å². The quantitative estimate of drug-likeness (QED) is 0.829. The molecule has 140 valence electrons. The van der Waals surface area contributed by atoms with Gasteiger partial charge in [0.15, 0.2) is 0 Å². The number of rotatable bonds is 5. The molecule has 1 aromatic heterocycles. The Bertz CT molecular complexity index is 743. The van der Waals surface area contributed by atoms with Crippen LogP contribution in [0.3, 0.4) is 0 Å². The van der Waals surface area contributed by atoms with E-state index in [0.29, 0.717) is 12.3 Å². The number of hydrogen-bond donors (Lipinski definition) is 0. The highest BCUT2D eigenvalue weighted by molar-refractivity contribution is 5.79. The van der Waals surface area contributed by atoms with E-state index in [0.717, 1.165) is 49.7 Å². The molecule has 0 saturated carbocycles. The second-order valence-electron chi connectivity index (χ2n) is 7.61. The summed E-state index contributed by atoms with van der Waals surface area (Å²) in [6.45, 7) is 12.7. The Morgan fingerprint density at radius 3 is 2.35 bits per heavy atom. The van der Waals surface area contributed by atoms with Crippen molar-refractivity contribution in [1.29, 1.82) is 0 Å². The van der Waals surface area contributed by atoms with Crippen molar-refractivity contribution in [2.45, 2.75) is 40.7 Å². The maximum atomic E-state index is 12.8. The highest BCUT2D eigenvalue weighted by atomic mass is 16.2. The molecule has 26 heavy (non-hydrogen) atoms. The van der Waals surface area contributed by atoms with Crippen LogP contribution in [0.2, 0.25) is 0 Å². The monoisotopic (exact) mass is 354 g/mol. The Hall–Kier alpha value is -2.30. The van der Waals surface area contributed by atoms with Gasteiger partial charge in [0.1, 0.15) is 0 Å². The fourth-order valence-corrected chi connectivity index (χ4v) is 3.63. The van der Waals surface area contributed by atoms with Gasteiger partial charge in [0, 0.05) is 49.7 Å². The maximum Gasteiger partial charge on any atom is 0.227 e. The lowest BCUT2D eigenvalue weighted by molar-refractivity contribution is -0.130. The molecule has 0 unspecified atom stereocenters. The average Bonchev–Trinajstić information content (AvgIpc) is 2.89. The second kappa shape index (κ2) is 7.94. The van der Waals surface area contributed by atoms with Crippen LogP contribution in [0.5, 0.6) is 0 Å². The van der Waals surface area contributed by atoms with Crippen molar-refractivity contribution in [3.05, 3.63) is 47.3 Å². The molecule has 0 aliphatic carbocycles. The van der Waals surface area contributed by atoms with Crippen LogP contribution in [-0.4, -0.2) is 46.8 Å². The molecule has 1 fully saturated rings. The number of anilines is 1. The third-order valence-corrected chi connectivity index (χ3v) is 5.15. The van der Waals surface area contributed by atoms with Gasteiger partial charge in [0.25, 0.3) is 0 Å². The number of piperazine rings is 1. The molecule has 5 nitrogen and oxygen atoms in total.